The Balaban J connectivity index is 1.00. The van der Waals surface area contributed by atoms with Crippen LogP contribution >= 0.6 is 0 Å². The quantitative estimate of drug-likeness (QED) is 0.162. The highest BCUT2D eigenvalue weighted by Gasteiger charge is 2.31. The predicted molar refractivity (Wildman–Crippen MR) is 252 cm³/mol. The minimum atomic E-state index is -4.50. The zero-order valence-corrected chi connectivity index (χ0v) is 33.9. The number of aryl methyl sites for hydroxylation is 1. The van der Waals surface area contributed by atoms with Gasteiger partial charge in [0.25, 0.3) is 0 Å². The molecule has 9 aromatic carbocycles. The van der Waals surface area contributed by atoms with Crippen LogP contribution in [0.5, 0.6) is 0 Å². The molecule has 0 radical (unpaired) electrons. The van der Waals surface area contributed by atoms with Crippen LogP contribution in [0.1, 0.15) is 11.1 Å². The summed E-state index contributed by atoms with van der Waals surface area (Å²) in [6, 6.07) is 65.1. The Kier molecular flexibility index (Phi) is 8.18. The van der Waals surface area contributed by atoms with Crippen molar-refractivity contribution in [2.75, 3.05) is 0 Å². The highest BCUT2D eigenvalue weighted by Crippen LogP contribution is 2.40. The van der Waals surface area contributed by atoms with E-state index < -0.39 is 11.7 Å². The number of rotatable bonds is 5. The fourth-order valence-electron chi connectivity index (χ4n) is 9.49. The molecule has 0 saturated heterocycles. The second-order valence-electron chi connectivity index (χ2n) is 16.2. The van der Waals surface area contributed by atoms with E-state index in [1.165, 1.54) is 28.4 Å². The lowest BCUT2D eigenvalue weighted by Crippen LogP contribution is -2.06. The Bertz CT molecular complexity index is 3790. The third-order valence-electron chi connectivity index (χ3n) is 12.3. The summed E-state index contributed by atoms with van der Waals surface area (Å²) in [4.78, 5) is 10.1. The highest BCUT2D eigenvalue weighted by atomic mass is 19.4. The van der Waals surface area contributed by atoms with Gasteiger partial charge in [-0.25, -0.2) is 9.97 Å². The molecule has 0 N–H and O–H groups in total. The lowest BCUT2D eigenvalue weighted by molar-refractivity contribution is -0.137. The van der Waals surface area contributed by atoms with E-state index in [1.807, 2.05) is 54.6 Å². The maximum absolute atomic E-state index is 14.1. The van der Waals surface area contributed by atoms with Crippen molar-refractivity contribution in [2.24, 2.45) is 0 Å². The molecule has 4 nitrogen and oxygen atoms in total. The van der Waals surface area contributed by atoms with Gasteiger partial charge in [-0.2, -0.15) is 13.2 Å². The SMILES string of the molecule is Cc1cc(-c2nc(-c3ccc(-n4c5ccccc5c5ccc(-c6ccc7c(c6)c6ccccc6n7-c6ccccc6)cc54)cc3)nc3c2ccc2ccccc23)cc(C(F)(F)F)c1. The molecule has 0 spiro atoms. The molecule has 0 atom stereocenters. The summed E-state index contributed by atoms with van der Waals surface area (Å²) in [6.45, 7) is 1.68. The molecule has 0 bridgehead atoms. The summed E-state index contributed by atoms with van der Waals surface area (Å²) in [7, 11) is 0. The van der Waals surface area contributed by atoms with Crippen molar-refractivity contribution in [2.45, 2.75) is 13.1 Å². The van der Waals surface area contributed by atoms with Gasteiger partial charge in [0.05, 0.1) is 38.8 Å². The van der Waals surface area contributed by atoms with Crippen LogP contribution in [0.2, 0.25) is 0 Å². The minimum Gasteiger partial charge on any atom is -0.309 e. The van der Waals surface area contributed by atoms with Crippen molar-refractivity contribution >= 4 is 65.3 Å². The van der Waals surface area contributed by atoms with E-state index in [1.54, 1.807) is 13.0 Å². The van der Waals surface area contributed by atoms with Crippen molar-refractivity contribution in [1.82, 2.24) is 19.1 Å². The van der Waals surface area contributed by atoms with Crippen molar-refractivity contribution in [1.29, 1.82) is 0 Å². The monoisotopic (exact) mass is 820 g/mol. The predicted octanol–water partition coefficient (Wildman–Crippen LogP) is 15.3. The topological polar surface area (TPSA) is 35.6 Å². The van der Waals surface area contributed by atoms with Gasteiger partial charge in [0.15, 0.2) is 5.82 Å². The van der Waals surface area contributed by atoms with Gasteiger partial charge in [-0.05, 0) is 120 Å². The van der Waals surface area contributed by atoms with Crippen LogP contribution in [-0.4, -0.2) is 19.1 Å². The Hall–Kier alpha value is -8.03. The van der Waals surface area contributed by atoms with Crippen LogP contribution in [-0.2, 0) is 6.18 Å². The van der Waals surface area contributed by atoms with Gasteiger partial charge < -0.3 is 9.13 Å². The Morgan fingerprint density at radius 1 is 0.397 bits per heavy atom. The molecular weight excluding hydrogens is 786 g/mol. The average Bonchev–Trinajstić information content (AvgIpc) is 3.83. The number of para-hydroxylation sites is 3. The summed E-state index contributed by atoms with van der Waals surface area (Å²) in [5.74, 6) is 0.434. The smallest absolute Gasteiger partial charge is 0.309 e. The Morgan fingerprint density at radius 2 is 0.968 bits per heavy atom. The zero-order valence-electron chi connectivity index (χ0n) is 33.9. The molecule has 63 heavy (non-hydrogen) atoms. The van der Waals surface area contributed by atoms with Gasteiger partial charge in [-0.1, -0.05) is 103 Å². The summed E-state index contributed by atoms with van der Waals surface area (Å²) < 4.78 is 47.0. The van der Waals surface area contributed by atoms with Gasteiger partial charge in [0.2, 0.25) is 0 Å². The molecule has 0 unspecified atom stereocenters. The molecule has 0 aliphatic carbocycles. The van der Waals surface area contributed by atoms with Crippen LogP contribution in [0, 0.1) is 6.92 Å². The van der Waals surface area contributed by atoms with Crippen LogP contribution in [0.4, 0.5) is 13.2 Å². The number of hydrogen-bond donors (Lipinski definition) is 0. The molecule has 0 fully saturated rings. The molecule has 3 heterocycles. The third kappa shape index (κ3) is 5.99. The second-order valence-corrected chi connectivity index (χ2v) is 16.2. The first-order valence-electron chi connectivity index (χ1n) is 20.9. The lowest BCUT2D eigenvalue weighted by Gasteiger charge is -2.15. The number of nitrogens with zero attached hydrogens (tertiary/aromatic N) is 4. The average molecular weight is 821 g/mol. The third-order valence-corrected chi connectivity index (χ3v) is 12.3. The Labute approximate surface area is 359 Å². The molecule has 0 aliphatic heterocycles. The fourth-order valence-corrected chi connectivity index (χ4v) is 9.49. The molecule has 12 aromatic rings. The molecule has 0 aliphatic rings. The maximum Gasteiger partial charge on any atom is 0.416 e. The largest absolute Gasteiger partial charge is 0.416 e. The van der Waals surface area contributed by atoms with E-state index in [9.17, 15) is 13.2 Å². The lowest BCUT2D eigenvalue weighted by atomic mass is 9.98. The molecule has 0 amide bonds. The van der Waals surface area contributed by atoms with E-state index in [2.05, 4.69) is 130 Å². The van der Waals surface area contributed by atoms with E-state index >= 15 is 0 Å². The van der Waals surface area contributed by atoms with Crippen molar-refractivity contribution in [3.63, 3.8) is 0 Å². The first-order chi connectivity index (χ1) is 30.8. The molecule has 3 aromatic heterocycles. The fraction of sp³-hybridized carbons (Fsp3) is 0.0357. The summed E-state index contributed by atoms with van der Waals surface area (Å²) in [5.41, 5.74) is 10.9. The molecule has 7 heteroatoms. The van der Waals surface area contributed by atoms with E-state index in [-0.39, 0.29) is 0 Å². The molecule has 12 rings (SSSR count). The number of benzene rings is 9. The van der Waals surface area contributed by atoms with Crippen LogP contribution in [0.15, 0.2) is 194 Å². The zero-order chi connectivity index (χ0) is 42.4. The highest BCUT2D eigenvalue weighted by molar-refractivity contribution is 6.13. The van der Waals surface area contributed by atoms with Gasteiger partial charge in [-0.15, -0.1) is 0 Å². The van der Waals surface area contributed by atoms with E-state index in [4.69, 9.17) is 9.97 Å². The molecule has 300 valence electrons. The number of hydrogen-bond acceptors (Lipinski definition) is 2. The van der Waals surface area contributed by atoms with Gasteiger partial charge in [0.1, 0.15) is 0 Å². The number of alkyl halides is 3. The van der Waals surface area contributed by atoms with Crippen molar-refractivity contribution in [3.8, 4) is 45.1 Å². The number of aromatic nitrogens is 4. The Morgan fingerprint density at radius 3 is 1.73 bits per heavy atom. The van der Waals surface area contributed by atoms with E-state index in [0.717, 1.165) is 66.2 Å². The van der Waals surface area contributed by atoms with Crippen LogP contribution < -0.4 is 0 Å². The first kappa shape index (κ1) is 36.8. The second kappa shape index (κ2) is 14.0. The maximum atomic E-state index is 14.1. The normalized spacial score (nSPS) is 12.1. The standard InChI is InChI=1S/C56H35F3N4/c1-34-29-39(31-40(30-34)56(57,58)59)53-47-27-21-35-11-5-6-14-43(35)54(47)61-55(60-53)36-19-24-42(25-20-36)63-49-17-9-7-15-44(49)46-26-22-38(33-52(46)63)37-23-28-51-48(32-37)45-16-8-10-18-50(45)62(51)41-12-3-2-4-13-41/h2-33H,1H3. The van der Waals surface area contributed by atoms with Gasteiger partial charge in [-0.3, -0.25) is 0 Å². The molecule has 0 saturated carbocycles. The van der Waals surface area contributed by atoms with Crippen LogP contribution in [0.3, 0.4) is 0 Å². The minimum absolute atomic E-state index is 0.394. The number of halogens is 3. The summed E-state index contributed by atoms with van der Waals surface area (Å²) in [6.07, 6.45) is -4.50. The van der Waals surface area contributed by atoms with Gasteiger partial charge in [0, 0.05) is 54.8 Å². The summed E-state index contributed by atoms with van der Waals surface area (Å²) in [5, 5.41) is 7.27. The van der Waals surface area contributed by atoms with Gasteiger partial charge >= 0.3 is 6.18 Å². The number of fused-ring (bicyclic) bond motifs is 9. The van der Waals surface area contributed by atoms with E-state index in [0.29, 0.717) is 33.5 Å². The summed E-state index contributed by atoms with van der Waals surface area (Å²) >= 11 is 0. The molecular formula is C56H35F3N4. The first-order valence-corrected chi connectivity index (χ1v) is 20.9. The van der Waals surface area contributed by atoms with Crippen molar-refractivity contribution in [3.05, 3.63) is 205 Å². The van der Waals surface area contributed by atoms with Crippen LogP contribution in [0.25, 0.3) is 110 Å². The van der Waals surface area contributed by atoms with Crippen molar-refractivity contribution < 1.29 is 13.2 Å².